The molecular weight excluding hydrogens is 338 g/mol. The molecule has 1 aromatic carbocycles. The number of hydrogen-bond donors (Lipinski definition) is 1. The van der Waals surface area contributed by atoms with Crippen LogP contribution in [0.1, 0.15) is 32.6 Å². The van der Waals surface area contributed by atoms with E-state index in [-0.39, 0.29) is 24.9 Å². The van der Waals surface area contributed by atoms with Crippen LogP contribution in [0, 0.1) is 0 Å². The van der Waals surface area contributed by atoms with Gasteiger partial charge in [-0.2, -0.15) is 0 Å². The van der Waals surface area contributed by atoms with Crippen molar-refractivity contribution in [2.24, 2.45) is 0 Å². The van der Waals surface area contributed by atoms with E-state index in [0.717, 1.165) is 25.0 Å². The van der Waals surface area contributed by atoms with Gasteiger partial charge in [-0.15, -0.1) is 0 Å². The highest BCUT2D eigenvalue weighted by Crippen LogP contribution is 2.21. The number of allylic oxidation sites excluding steroid dienone is 2. The fourth-order valence-electron chi connectivity index (χ4n) is 2.96. The van der Waals surface area contributed by atoms with Crippen LogP contribution in [0.4, 0.5) is 5.69 Å². The van der Waals surface area contributed by atoms with Gasteiger partial charge in [0, 0.05) is 23.0 Å². The van der Waals surface area contributed by atoms with Crippen LogP contribution in [0.2, 0.25) is 5.02 Å². The molecular formula is C19H26ClN3O2. The molecule has 1 N–H and O–H groups in total. The molecule has 0 unspecified atom stereocenters. The predicted octanol–water partition coefficient (Wildman–Crippen LogP) is 3.52. The fraction of sp³-hybridized carbons (Fsp3) is 0.474. The van der Waals surface area contributed by atoms with Gasteiger partial charge in [0.25, 0.3) is 0 Å². The second kappa shape index (κ2) is 9.59. The lowest BCUT2D eigenvalue weighted by atomic mass is 10.0. The van der Waals surface area contributed by atoms with Gasteiger partial charge in [-0.25, -0.2) is 0 Å². The third-order valence-electron chi connectivity index (χ3n) is 4.18. The van der Waals surface area contributed by atoms with Crippen LogP contribution in [0.15, 0.2) is 36.0 Å². The molecule has 0 aromatic heterocycles. The minimum atomic E-state index is -0.155. The van der Waals surface area contributed by atoms with Crippen LogP contribution in [0.3, 0.4) is 0 Å². The summed E-state index contributed by atoms with van der Waals surface area (Å²) in [6, 6.07) is 6.95. The molecule has 136 valence electrons. The number of nitrogens with one attached hydrogen (secondary N) is 1. The summed E-state index contributed by atoms with van der Waals surface area (Å²) in [4.78, 5) is 28.2. The van der Waals surface area contributed by atoms with Crippen molar-refractivity contribution in [3.8, 4) is 0 Å². The number of rotatable bonds is 7. The molecule has 0 aliphatic heterocycles. The van der Waals surface area contributed by atoms with Crippen molar-refractivity contribution < 1.29 is 9.59 Å². The minimum absolute atomic E-state index is 0.0393. The fourth-order valence-corrected chi connectivity index (χ4v) is 3.08. The summed E-state index contributed by atoms with van der Waals surface area (Å²) in [7, 11) is 1.78. The molecule has 2 amide bonds. The minimum Gasteiger partial charge on any atom is -0.325 e. The third kappa shape index (κ3) is 6.18. The van der Waals surface area contributed by atoms with Crippen molar-refractivity contribution >= 4 is 29.1 Å². The number of benzene rings is 1. The van der Waals surface area contributed by atoms with Gasteiger partial charge < -0.3 is 10.2 Å². The highest BCUT2D eigenvalue weighted by atomic mass is 35.5. The van der Waals surface area contributed by atoms with Gasteiger partial charge in [-0.05, 0) is 63.9 Å². The van der Waals surface area contributed by atoms with E-state index in [1.807, 2.05) is 11.8 Å². The van der Waals surface area contributed by atoms with Gasteiger partial charge >= 0.3 is 0 Å². The molecule has 0 heterocycles. The Bertz CT molecular complexity index is 628. The molecule has 0 radical (unpaired) electrons. The molecule has 1 aromatic rings. The van der Waals surface area contributed by atoms with Crippen LogP contribution in [0.5, 0.6) is 0 Å². The summed E-state index contributed by atoms with van der Waals surface area (Å²) >= 11 is 5.83. The van der Waals surface area contributed by atoms with Crippen molar-refractivity contribution in [1.82, 2.24) is 9.80 Å². The lowest BCUT2D eigenvalue weighted by molar-refractivity contribution is -0.130. The molecule has 0 fully saturated rings. The van der Waals surface area contributed by atoms with Gasteiger partial charge in [0.15, 0.2) is 0 Å². The first kappa shape index (κ1) is 19.5. The average Bonchev–Trinajstić information content (AvgIpc) is 2.58. The quantitative estimate of drug-likeness (QED) is 0.806. The Morgan fingerprint density at radius 1 is 1.16 bits per heavy atom. The average molecular weight is 364 g/mol. The topological polar surface area (TPSA) is 52.7 Å². The lowest BCUT2D eigenvalue weighted by Gasteiger charge is -2.28. The van der Waals surface area contributed by atoms with E-state index in [4.69, 9.17) is 11.6 Å². The predicted molar refractivity (Wildman–Crippen MR) is 102 cm³/mol. The summed E-state index contributed by atoms with van der Waals surface area (Å²) < 4.78 is 0. The largest absolute Gasteiger partial charge is 0.325 e. The van der Waals surface area contributed by atoms with Crippen LogP contribution in [-0.2, 0) is 9.59 Å². The van der Waals surface area contributed by atoms with E-state index in [2.05, 4.69) is 11.4 Å². The number of hydrogen-bond acceptors (Lipinski definition) is 3. The monoisotopic (exact) mass is 363 g/mol. The molecule has 0 atom stereocenters. The van der Waals surface area contributed by atoms with Crippen molar-refractivity contribution in [1.29, 1.82) is 0 Å². The maximum absolute atomic E-state index is 12.6. The number of carbonyl (C=O) groups excluding carboxylic acids is 2. The summed E-state index contributed by atoms with van der Waals surface area (Å²) in [5.74, 6) is -0.116. The first-order valence-electron chi connectivity index (χ1n) is 8.73. The number of likely N-dealkylation sites (N-methyl/N-ethyl adjacent to an activating group) is 2. The van der Waals surface area contributed by atoms with E-state index < -0.39 is 0 Å². The number of amides is 2. The van der Waals surface area contributed by atoms with Crippen molar-refractivity contribution in [2.45, 2.75) is 32.6 Å². The Balaban J connectivity index is 1.84. The molecule has 5 nitrogen and oxygen atoms in total. The van der Waals surface area contributed by atoms with E-state index in [0.29, 0.717) is 17.3 Å². The van der Waals surface area contributed by atoms with E-state index in [1.165, 1.54) is 6.42 Å². The number of anilines is 1. The molecule has 0 saturated carbocycles. The van der Waals surface area contributed by atoms with E-state index in [9.17, 15) is 9.59 Å². The Hall–Kier alpha value is -1.85. The van der Waals surface area contributed by atoms with Crippen molar-refractivity contribution in [3.63, 3.8) is 0 Å². The second-order valence-corrected chi connectivity index (χ2v) is 6.74. The number of nitrogens with zero attached hydrogens (tertiary/aromatic N) is 2. The highest BCUT2D eigenvalue weighted by Gasteiger charge is 2.20. The molecule has 2 rings (SSSR count). The van der Waals surface area contributed by atoms with Crippen molar-refractivity contribution in [3.05, 3.63) is 41.1 Å². The standard InChI is InChI=1S/C19H26ClN3O2/c1-3-23(17-7-5-4-6-8-17)19(25)14-22(2)13-18(24)21-16-11-9-15(20)10-12-16/h7,9-12H,3-6,8,13-14H2,1-2H3,(H,21,24). The van der Waals surface area contributed by atoms with Gasteiger partial charge in [0.2, 0.25) is 11.8 Å². The normalized spacial score (nSPS) is 14.2. The molecule has 0 bridgehead atoms. The van der Waals surface area contributed by atoms with Gasteiger partial charge in [0.05, 0.1) is 13.1 Å². The Kier molecular flexibility index (Phi) is 7.47. The maximum Gasteiger partial charge on any atom is 0.240 e. The summed E-state index contributed by atoms with van der Waals surface area (Å²) in [6.07, 6.45) is 6.49. The smallest absolute Gasteiger partial charge is 0.240 e. The van der Waals surface area contributed by atoms with Crippen LogP contribution in [-0.4, -0.2) is 48.3 Å². The summed E-state index contributed by atoms with van der Waals surface area (Å²) in [6.45, 7) is 3.03. The Labute approximate surface area is 154 Å². The Morgan fingerprint density at radius 2 is 1.88 bits per heavy atom. The van der Waals surface area contributed by atoms with Crippen LogP contribution < -0.4 is 5.32 Å². The van der Waals surface area contributed by atoms with Gasteiger partial charge in [-0.3, -0.25) is 14.5 Å². The van der Waals surface area contributed by atoms with Gasteiger partial charge in [-0.1, -0.05) is 17.7 Å². The highest BCUT2D eigenvalue weighted by molar-refractivity contribution is 6.30. The first-order valence-corrected chi connectivity index (χ1v) is 9.10. The van der Waals surface area contributed by atoms with Crippen LogP contribution >= 0.6 is 11.6 Å². The number of carbonyl (C=O) groups is 2. The molecule has 25 heavy (non-hydrogen) atoms. The van der Waals surface area contributed by atoms with E-state index >= 15 is 0 Å². The molecule has 6 heteroatoms. The second-order valence-electron chi connectivity index (χ2n) is 6.31. The summed E-state index contributed by atoms with van der Waals surface area (Å²) in [5, 5.41) is 3.43. The van der Waals surface area contributed by atoms with Crippen molar-refractivity contribution in [2.75, 3.05) is 32.0 Å². The third-order valence-corrected chi connectivity index (χ3v) is 4.43. The number of halogens is 1. The lowest BCUT2D eigenvalue weighted by Crippen LogP contribution is -2.41. The molecule has 0 saturated heterocycles. The molecule has 1 aliphatic carbocycles. The molecule has 1 aliphatic rings. The zero-order valence-electron chi connectivity index (χ0n) is 14.9. The maximum atomic E-state index is 12.6. The summed E-state index contributed by atoms with van der Waals surface area (Å²) in [5.41, 5.74) is 1.81. The SMILES string of the molecule is CCN(C(=O)CN(C)CC(=O)Nc1ccc(Cl)cc1)C1=CCCCC1. The van der Waals surface area contributed by atoms with E-state index in [1.54, 1.807) is 36.2 Å². The van der Waals surface area contributed by atoms with Crippen LogP contribution in [0.25, 0.3) is 0 Å². The molecule has 0 spiro atoms. The zero-order valence-corrected chi connectivity index (χ0v) is 15.7. The first-order chi connectivity index (χ1) is 12.0. The van der Waals surface area contributed by atoms with Gasteiger partial charge in [0.1, 0.15) is 0 Å². The zero-order chi connectivity index (χ0) is 18.2. The Morgan fingerprint density at radius 3 is 2.48 bits per heavy atom.